The topological polar surface area (TPSA) is 83.7 Å². The summed E-state index contributed by atoms with van der Waals surface area (Å²) in [6.45, 7) is 5.35. The van der Waals surface area contributed by atoms with Crippen LogP contribution in [0.15, 0.2) is 0 Å². The molecule has 7 heteroatoms. The highest BCUT2D eigenvalue weighted by molar-refractivity contribution is 7.89. The highest BCUT2D eigenvalue weighted by atomic mass is 32.2. The van der Waals surface area contributed by atoms with E-state index >= 15 is 0 Å². The van der Waals surface area contributed by atoms with Crippen LogP contribution in [0.3, 0.4) is 0 Å². The van der Waals surface area contributed by atoms with Crippen LogP contribution in [-0.4, -0.2) is 61.5 Å². The maximum absolute atomic E-state index is 11.8. The van der Waals surface area contributed by atoms with Crippen molar-refractivity contribution in [2.45, 2.75) is 32.7 Å². The minimum absolute atomic E-state index is 0.0787. The summed E-state index contributed by atoms with van der Waals surface area (Å²) in [5.74, 6) is 0.0973. The van der Waals surface area contributed by atoms with Gasteiger partial charge in [-0.1, -0.05) is 13.8 Å². The third-order valence-corrected chi connectivity index (χ3v) is 5.24. The molecule has 1 fully saturated rings. The van der Waals surface area contributed by atoms with Gasteiger partial charge in [-0.15, -0.1) is 0 Å². The molecule has 0 aliphatic carbocycles. The van der Waals surface area contributed by atoms with Crippen molar-refractivity contribution in [2.24, 2.45) is 5.73 Å². The highest BCUT2D eigenvalue weighted by Crippen LogP contribution is 2.10. The van der Waals surface area contributed by atoms with E-state index in [0.717, 1.165) is 0 Å². The van der Waals surface area contributed by atoms with Gasteiger partial charge in [0.05, 0.1) is 11.8 Å². The Labute approximate surface area is 109 Å². The summed E-state index contributed by atoms with van der Waals surface area (Å²) >= 11 is 0. The normalized spacial score (nSPS) is 19.8. The van der Waals surface area contributed by atoms with Crippen molar-refractivity contribution in [3.8, 4) is 0 Å². The van der Waals surface area contributed by atoms with Gasteiger partial charge in [-0.05, 0) is 12.8 Å². The molecule has 1 aliphatic heterocycles. The van der Waals surface area contributed by atoms with Gasteiger partial charge in [0.1, 0.15) is 0 Å². The molecule has 0 aromatic carbocycles. The summed E-state index contributed by atoms with van der Waals surface area (Å²) < 4.78 is 25.2. The number of piperazine rings is 1. The monoisotopic (exact) mass is 277 g/mol. The van der Waals surface area contributed by atoms with Gasteiger partial charge in [0.2, 0.25) is 15.9 Å². The van der Waals surface area contributed by atoms with Crippen molar-refractivity contribution in [3.63, 3.8) is 0 Å². The van der Waals surface area contributed by atoms with Crippen LogP contribution in [0, 0.1) is 0 Å². The molecule has 0 saturated carbocycles. The van der Waals surface area contributed by atoms with Crippen molar-refractivity contribution in [3.05, 3.63) is 0 Å². The first-order valence-electron chi connectivity index (χ1n) is 6.44. The smallest absolute Gasteiger partial charge is 0.239 e. The second-order valence-electron chi connectivity index (χ2n) is 4.56. The molecule has 1 amide bonds. The van der Waals surface area contributed by atoms with Crippen molar-refractivity contribution in [1.82, 2.24) is 9.21 Å². The lowest BCUT2D eigenvalue weighted by molar-refractivity contribution is -0.133. The zero-order valence-electron chi connectivity index (χ0n) is 11.1. The van der Waals surface area contributed by atoms with Gasteiger partial charge < -0.3 is 10.6 Å². The van der Waals surface area contributed by atoms with Crippen molar-refractivity contribution >= 4 is 15.9 Å². The molecule has 0 unspecified atom stereocenters. The number of nitrogens with zero attached hydrogens (tertiary/aromatic N) is 2. The molecule has 1 aliphatic rings. The molecule has 0 spiro atoms. The second-order valence-corrected chi connectivity index (χ2v) is 6.64. The average Bonchev–Trinajstić information content (AvgIpc) is 2.37. The van der Waals surface area contributed by atoms with E-state index in [-0.39, 0.29) is 11.7 Å². The van der Waals surface area contributed by atoms with Gasteiger partial charge in [-0.25, -0.2) is 8.42 Å². The molecule has 0 radical (unpaired) electrons. The van der Waals surface area contributed by atoms with Crippen molar-refractivity contribution < 1.29 is 13.2 Å². The van der Waals surface area contributed by atoms with E-state index in [1.807, 2.05) is 13.8 Å². The third kappa shape index (κ3) is 3.66. The van der Waals surface area contributed by atoms with Crippen LogP contribution in [0.25, 0.3) is 0 Å². The molecule has 0 aromatic heterocycles. The summed E-state index contributed by atoms with van der Waals surface area (Å²) in [5, 5.41) is 0. The lowest BCUT2D eigenvalue weighted by Crippen LogP contribution is -2.54. The van der Waals surface area contributed by atoms with Gasteiger partial charge in [-0.3, -0.25) is 4.79 Å². The molecule has 2 N–H and O–H groups in total. The van der Waals surface area contributed by atoms with E-state index in [1.54, 1.807) is 4.90 Å². The molecule has 106 valence electrons. The number of carbonyl (C=O) groups excluding carboxylic acids is 1. The van der Waals surface area contributed by atoms with Crippen LogP contribution in [0.1, 0.15) is 26.7 Å². The summed E-state index contributed by atoms with van der Waals surface area (Å²) in [6, 6.07) is -0.469. The summed E-state index contributed by atoms with van der Waals surface area (Å²) in [6.07, 6.45) is 1.22. The molecule has 6 nitrogen and oxygen atoms in total. The van der Waals surface area contributed by atoms with E-state index in [0.29, 0.717) is 39.0 Å². The van der Waals surface area contributed by atoms with Gasteiger partial charge in [0.25, 0.3) is 0 Å². The van der Waals surface area contributed by atoms with Crippen molar-refractivity contribution in [2.75, 3.05) is 31.9 Å². The zero-order valence-corrected chi connectivity index (χ0v) is 11.9. The number of carbonyl (C=O) groups is 1. The lowest BCUT2D eigenvalue weighted by Gasteiger charge is -2.35. The fourth-order valence-corrected chi connectivity index (χ4v) is 3.48. The molecule has 1 saturated heterocycles. The minimum Gasteiger partial charge on any atom is -0.339 e. The fraction of sp³-hybridized carbons (Fsp3) is 0.909. The zero-order chi connectivity index (χ0) is 13.8. The van der Waals surface area contributed by atoms with Crippen LogP contribution < -0.4 is 5.73 Å². The van der Waals surface area contributed by atoms with E-state index in [9.17, 15) is 13.2 Å². The summed E-state index contributed by atoms with van der Waals surface area (Å²) in [7, 11) is -3.14. The molecule has 1 rings (SSSR count). The number of amides is 1. The first-order chi connectivity index (χ1) is 8.42. The van der Waals surface area contributed by atoms with Crippen molar-refractivity contribution in [1.29, 1.82) is 0 Å². The first-order valence-corrected chi connectivity index (χ1v) is 8.05. The van der Waals surface area contributed by atoms with E-state index < -0.39 is 16.1 Å². The van der Waals surface area contributed by atoms with Crippen LogP contribution in [0.4, 0.5) is 0 Å². The van der Waals surface area contributed by atoms with Gasteiger partial charge >= 0.3 is 0 Å². The van der Waals surface area contributed by atoms with E-state index in [2.05, 4.69) is 0 Å². The molecule has 18 heavy (non-hydrogen) atoms. The average molecular weight is 277 g/mol. The van der Waals surface area contributed by atoms with E-state index in [1.165, 1.54) is 4.31 Å². The Kier molecular flexibility index (Phi) is 5.55. The summed E-state index contributed by atoms with van der Waals surface area (Å²) in [4.78, 5) is 13.5. The van der Waals surface area contributed by atoms with Crippen LogP contribution in [-0.2, 0) is 14.8 Å². The Balaban J connectivity index is 2.54. The van der Waals surface area contributed by atoms with Crippen LogP contribution in [0.2, 0.25) is 0 Å². The molecular weight excluding hydrogens is 254 g/mol. The standard InChI is InChI=1S/C11H23N3O3S/c1-3-9-18(16,17)14-7-5-13(6-8-14)11(15)10(12)4-2/h10H,3-9,12H2,1-2H3/t10-/m0/s1. The molecular formula is C11H23N3O3S. The molecule has 0 bridgehead atoms. The highest BCUT2D eigenvalue weighted by Gasteiger charge is 2.29. The Hall–Kier alpha value is -0.660. The molecule has 1 atom stereocenters. The number of nitrogens with two attached hydrogens (primary N) is 1. The maximum atomic E-state index is 11.8. The fourth-order valence-electron chi connectivity index (χ4n) is 1.98. The Morgan fingerprint density at radius 3 is 2.22 bits per heavy atom. The largest absolute Gasteiger partial charge is 0.339 e. The van der Waals surface area contributed by atoms with Gasteiger partial charge in [-0.2, -0.15) is 4.31 Å². The van der Waals surface area contributed by atoms with Crippen LogP contribution >= 0.6 is 0 Å². The predicted molar refractivity (Wildman–Crippen MR) is 70.5 cm³/mol. The predicted octanol–water partition coefficient (Wildman–Crippen LogP) is -0.392. The Morgan fingerprint density at radius 1 is 1.22 bits per heavy atom. The van der Waals surface area contributed by atoms with E-state index in [4.69, 9.17) is 5.73 Å². The third-order valence-electron chi connectivity index (χ3n) is 3.16. The second kappa shape index (κ2) is 6.49. The minimum atomic E-state index is -3.14. The van der Waals surface area contributed by atoms with Gasteiger partial charge in [0, 0.05) is 26.2 Å². The van der Waals surface area contributed by atoms with Gasteiger partial charge in [0.15, 0.2) is 0 Å². The quantitative estimate of drug-likeness (QED) is 0.741. The first kappa shape index (κ1) is 15.4. The number of hydrogen-bond acceptors (Lipinski definition) is 4. The number of rotatable bonds is 5. The summed E-state index contributed by atoms with van der Waals surface area (Å²) in [5.41, 5.74) is 5.69. The number of hydrogen-bond donors (Lipinski definition) is 1. The maximum Gasteiger partial charge on any atom is 0.239 e. The Morgan fingerprint density at radius 2 is 1.78 bits per heavy atom. The lowest BCUT2D eigenvalue weighted by atomic mass is 10.2. The molecule has 1 heterocycles. The number of sulfonamides is 1. The molecule has 0 aromatic rings. The Bertz CT molecular complexity index is 375. The SMILES string of the molecule is CCCS(=O)(=O)N1CCN(C(=O)[C@@H](N)CC)CC1. The van der Waals surface area contributed by atoms with Crippen LogP contribution in [0.5, 0.6) is 0 Å².